The van der Waals surface area contributed by atoms with Gasteiger partial charge in [0.15, 0.2) is 0 Å². The molecular formula is C14H19N2O-. The van der Waals surface area contributed by atoms with E-state index in [0.29, 0.717) is 5.92 Å². The Morgan fingerprint density at radius 1 is 1.41 bits per heavy atom. The van der Waals surface area contributed by atoms with Crippen molar-refractivity contribution in [2.24, 2.45) is 0 Å². The fraction of sp³-hybridized carbons (Fsp3) is 0.429. The normalized spacial score (nSPS) is 18.0. The van der Waals surface area contributed by atoms with E-state index in [1.807, 2.05) is 12.1 Å². The third-order valence-corrected chi connectivity index (χ3v) is 3.27. The number of nitrogens with one attached hydrogen (secondary N) is 1. The number of hydrogen-bond acceptors (Lipinski definition) is 2. The van der Waals surface area contributed by atoms with Crippen LogP contribution in [0.25, 0.3) is 0 Å². The van der Waals surface area contributed by atoms with Crippen LogP contribution in [0.3, 0.4) is 0 Å². The Morgan fingerprint density at radius 3 is 2.76 bits per heavy atom. The molecule has 0 spiro atoms. The van der Waals surface area contributed by atoms with Crippen LogP contribution in [0.1, 0.15) is 31.2 Å². The van der Waals surface area contributed by atoms with Gasteiger partial charge in [-0.1, -0.05) is 12.1 Å². The number of piperidine rings is 1. The second-order valence-electron chi connectivity index (χ2n) is 4.70. The summed E-state index contributed by atoms with van der Waals surface area (Å²) in [5, 5.41) is 2.83. The fourth-order valence-electron chi connectivity index (χ4n) is 2.34. The molecule has 3 nitrogen and oxygen atoms in total. The van der Waals surface area contributed by atoms with Gasteiger partial charge < -0.3 is 10.2 Å². The first-order valence-electron chi connectivity index (χ1n) is 6.08. The maximum absolute atomic E-state index is 11.0. The highest BCUT2D eigenvalue weighted by molar-refractivity contribution is 5.88. The molecule has 1 amide bonds. The van der Waals surface area contributed by atoms with Crippen LogP contribution in [-0.2, 0) is 4.79 Å². The number of carbonyl (C=O) groups excluding carboxylic acids is 1. The fourth-order valence-corrected chi connectivity index (χ4v) is 2.34. The standard InChI is InChI=1S/C14H19N2O/c1-11(17)15-14-5-3-4-13(10-14)12-6-8-16(2)9-7-12/h3-5,10,12H,2,6-9H2,1H3,(H,15,17)/q-1. The molecule has 1 fully saturated rings. The minimum Gasteiger partial charge on any atom is -0.459 e. The Hall–Kier alpha value is -1.35. The first-order valence-corrected chi connectivity index (χ1v) is 6.08. The molecule has 0 radical (unpaired) electrons. The van der Waals surface area contributed by atoms with Gasteiger partial charge in [0, 0.05) is 12.6 Å². The largest absolute Gasteiger partial charge is 0.459 e. The summed E-state index contributed by atoms with van der Waals surface area (Å²) in [5.41, 5.74) is 2.22. The summed E-state index contributed by atoms with van der Waals surface area (Å²) in [6.07, 6.45) is 2.29. The molecule has 92 valence electrons. The SMILES string of the molecule is [CH2-]N1CCC(c2cccc(NC(C)=O)c2)CC1. The third-order valence-electron chi connectivity index (χ3n) is 3.27. The monoisotopic (exact) mass is 231 g/mol. The molecule has 1 saturated heterocycles. The van der Waals surface area contributed by atoms with E-state index in [1.165, 1.54) is 12.5 Å². The number of carbonyl (C=O) groups is 1. The molecule has 1 aromatic carbocycles. The molecule has 1 aliphatic rings. The van der Waals surface area contributed by atoms with Crippen molar-refractivity contribution < 1.29 is 4.79 Å². The molecule has 0 bridgehead atoms. The number of rotatable bonds is 2. The Balaban J connectivity index is 2.07. The maximum Gasteiger partial charge on any atom is 0.221 e. The number of benzene rings is 1. The van der Waals surface area contributed by atoms with Crippen molar-refractivity contribution in [2.45, 2.75) is 25.7 Å². The van der Waals surface area contributed by atoms with E-state index in [1.54, 1.807) is 0 Å². The van der Waals surface area contributed by atoms with Crippen LogP contribution in [-0.4, -0.2) is 23.9 Å². The van der Waals surface area contributed by atoms with Crippen molar-refractivity contribution >= 4 is 11.6 Å². The average molecular weight is 231 g/mol. The van der Waals surface area contributed by atoms with Crippen molar-refractivity contribution in [3.63, 3.8) is 0 Å². The van der Waals surface area contributed by atoms with E-state index >= 15 is 0 Å². The van der Waals surface area contributed by atoms with Gasteiger partial charge in [0.25, 0.3) is 0 Å². The number of nitrogens with zero attached hydrogens (tertiary/aromatic N) is 1. The quantitative estimate of drug-likeness (QED) is 0.793. The minimum atomic E-state index is -0.0188. The van der Waals surface area contributed by atoms with Crippen LogP contribution in [0.4, 0.5) is 5.69 Å². The van der Waals surface area contributed by atoms with Gasteiger partial charge in [0.1, 0.15) is 0 Å². The van der Waals surface area contributed by atoms with E-state index in [2.05, 4.69) is 29.4 Å². The number of anilines is 1. The topological polar surface area (TPSA) is 32.3 Å². The molecule has 3 heteroatoms. The summed E-state index contributed by atoms with van der Waals surface area (Å²) in [5.74, 6) is 0.580. The molecule has 0 aromatic heterocycles. The molecular weight excluding hydrogens is 212 g/mol. The highest BCUT2D eigenvalue weighted by Gasteiger charge is 2.16. The van der Waals surface area contributed by atoms with Crippen molar-refractivity contribution in [1.29, 1.82) is 0 Å². The van der Waals surface area contributed by atoms with Crippen LogP contribution in [0.2, 0.25) is 0 Å². The molecule has 0 aliphatic carbocycles. The first kappa shape index (κ1) is 12.1. The second-order valence-corrected chi connectivity index (χ2v) is 4.70. The van der Waals surface area contributed by atoms with E-state index in [0.717, 1.165) is 31.6 Å². The van der Waals surface area contributed by atoms with Gasteiger partial charge in [-0.05, 0) is 49.5 Å². The molecule has 1 heterocycles. The van der Waals surface area contributed by atoms with Gasteiger partial charge in [-0.2, -0.15) is 0 Å². The molecule has 1 N–H and O–H groups in total. The molecule has 0 atom stereocenters. The summed E-state index contributed by atoms with van der Waals surface area (Å²) < 4.78 is 0. The Labute approximate surface area is 103 Å². The smallest absolute Gasteiger partial charge is 0.221 e. The van der Waals surface area contributed by atoms with Gasteiger partial charge in [-0.15, -0.1) is 0 Å². The van der Waals surface area contributed by atoms with Crippen LogP contribution < -0.4 is 5.32 Å². The maximum atomic E-state index is 11.0. The Kier molecular flexibility index (Phi) is 3.79. The zero-order valence-electron chi connectivity index (χ0n) is 10.3. The number of amides is 1. The lowest BCUT2D eigenvalue weighted by Gasteiger charge is -2.34. The lowest BCUT2D eigenvalue weighted by atomic mass is 9.89. The van der Waals surface area contributed by atoms with Crippen molar-refractivity contribution in [1.82, 2.24) is 4.90 Å². The van der Waals surface area contributed by atoms with Crippen molar-refractivity contribution in [3.8, 4) is 0 Å². The molecule has 1 aliphatic heterocycles. The molecule has 2 rings (SSSR count). The Morgan fingerprint density at radius 2 is 2.12 bits per heavy atom. The number of likely N-dealkylation sites (tertiary alicyclic amines) is 1. The van der Waals surface area contributed by atoms with Crippen molar-refractivity contribution in [3.05, 3.63) is 36.9 Å². The summed E-state index contributed by atoms with van der Waals surface area (Å²) in [6, 6.07) is 8.18. The zero-order chi connectivity index (χ0) is 12.3. The summed E-state index contributed by atoms with van der Waals surface area (Å²) in [6.45, 7) is 3.64. The van der Waals surface area contributed by atoms with Crippen LogP contribution in [0, 0.1) is 7.05 Å². The predicted molar refractivity (Wildman–Crippen MR) is 69.7 cm³/mol. The molecule has 17 heavy (non-hydrogen) atoms. The average Bonchev–Trinajstić information content (AvgIpc) is 2.29. The first-order chi connectivity index (χ1) is 8.15. The second kappa shape index (κ2) is 5.32. The summed E-state index contributed by atoms with van der Waals surface area (Å²) in [4.78, 5) is 13.1. The highest BCUT2D eigenvalue weighted by Crippen LogP contribution is 2.29. The molecule has 0 unspecified atom stereocenters. The van der Waals surface area contributed by atoms with Crippen LogP contribution in [0.5, 0.6) is 0 Å². The van der Waals surface area contributed by atoms with Gasteiger partial charge in [-0.3, -0.25) is 11.8 Å². The van der Waals surface area contributed by atoms with Crippen LogP contribution in [0.15, 0.2) is 24.3 Å². The van der Waals surface area contributed by atoms with Crippen LogP contribution >= 0.6 is 0 Å². The highest BCUT2D eigenvalue weighted by atomic mass is 16.1. The molecule has 0 saturated carbocycles. The summed E-state index contributed by atoms with van der Waals surface area (Å²) in [7, 11) is 3.96. The summed E-state index contributed by atoms with van der Waals surface area (Å²) >= 11 is 0. The number of hydrogen-bond donors (Lipinski definition) is 1. The minimum absolute atomic E-state index is 0.0188. The van der Waals surface area contributed by atoms with Gasteiger partial charge in [0.05, 0.1) is 0 Å². The van der Waals surface area contributed by atoms with E-state index < -0.39 is 0 Å². The Bertz CT molecular complexity index is 395. The van der Waals surface area contributed by atoms with E-state index in [4.69, 9.17) is 0 Å². The molecule has 1 aromatic rings. The van der Waals surface area contributed by atoms with Gasteiger partial charge in [0.2, 0.25) is 5.91 Å². The lowest BCUT2D eigenvalue weighted by Crippen LogP contribution is -2.27. The van der Waals surface area contributed by atoms with Gasteiger partial charge >= 0.3 is 0 Å². The van der Waals surface area contributed by atoms with Crippen molar-refractivity contribution in [2.75, 3.05) is 18.4 Å². The lowest BCUT2D eigenvalue weighted by molar-refractivity contribution is -0.114. The zero-order valence-corrected chi connectivity index (χ0v) is 10.3. The third kappa shape index (κ3) is 3.30. The van der Waals surface area contributed by atoms with E-state index in [9.17, 15) is 4.79 Å². The van der Waals surface area contributed by atoms with Gasteiger partial charge in [-0.25, -0.2) is 0 Å². The predicted octanol–water partition coefficient (Wildman–Crippen LogP) is 2.62. The van der Waals surface area contributed by atoms with E-state index in [-0.39, 0.29) is 5.91 Å².